The molecular weight excluding hydrogens is 456 g/mol. The number of Topliss-reactive ketones (excluding diaryl/α,β-unsaturated/α-hetero) is 1. The summed E-state index contributed by atoms with van der Waals surface area (Å²) in [6.07, 6.45) is -1.08. The first-order valence-corrected chi connectivity index (χ1v) is 12.4. The highest BCUT2D eigenvalue weighted by Gasteiger charge is 2.28. The first-order valence-electron chi connectivity index (χ1n) is 12.4. The lowest BCUT2D eigenvalue weighted by Crippen LogP contribution is -2.57. The van der Waals surface area contributed by atoms with Gasteiger partial charge in [0.2, 0.25) is 0 Å². The van der Waals surface area contributed by atoms with Crippen molar-refractivity contribution in [3.8, 4) is 11.8 Å². The quantitative estimate of drug-likeness (QED) is 0.489. The van der Waals surface area contributed by atoms with Crippen molar-refractivity contribution in [2.24, 2.45) is 0 Å². The minimum Gasteiger partial charge on any atom is -0.391 e. The van der Waals surface area contributed by atoms with Gasteiger partial charge in [-0.05, 0) is 69.3 Å². The molecule has 1 saturated heterocycles. The van der Waals surface area contributed by atoms with Crippen LogP contribution in [-0.2, 0) is 4.79 Å². The molecule has 1 fully saturated rings. The van der Waals surface area contributed by atoms with Crippen LogP contribution in [0.1, 0.15) is 31.9 Å². The first kappa shape index (κ1) is 27.1. The number of nitrogens with one attached hydrogen (secondary N) is 1. The third-order valence-electron chi connectivity index (χ3n) is 6.41. The highest BCUT2D eigenvalue weighted by molar-refractivity contribution is 5.89. The summed E-state index contributed by atoms with van der Waals surface area (Å²) < 4.78 is 0. The minimum absolute atomic E-state index is 0.418. The Labute approximate surface area is 213 Å². The van der Waals surface area contributed by atoms with Crippen molar-refractivity contribution in [1.82, 2.24) is 10.2 Å². The van der Waals surface area contributed by atoms with Gasteiger partial charge in [-0.3, -0.25) is 4.79 Å². The molecule has 36 heavy (non-hydrogen) atoms. The molecule has 0 saturated carbocycles. The second-order valence-electron chi connectivity index (χ2n) is 8.78. The largest absolute Gasteiger partial charge is 0.391 e. The maximum absolute atomic E-state index is 12.5. The molecule has 2 aromatic rings. The summed E-state index contributed by atoms with van der Waals surface area (Å²) in [5.41, 5.74) is 4.17. The molecule has 8 heteroatoms. The number of carbonyl (C=O) groups excluding carboxylic acids is 2. The summed E-state index contributed by atoms with van der Waals surface area (Å²) in [6.45, 7) is 9.18. The van der Waals surface area contributed by atoms with Gasteiger partial charge in [-0.15, -0.1) is 0 Å². The summed E-state index contributed by atoms with van der Waals surface area (Å²) in [6, 6.07) is 14.8. The van der Waals surface area contributed by atoms with Gasteiger partial charge in [-0.1, -0.05) is 11.8 Å². The molecule has 2 atom stereocenters. The molecular formula is C28H36N4O4. The van der Waals surface area contributed by atoms with Crippen LogP contribution < -0.4 is 15.1 Å². The fourth-order valence-corrected chi connectivity index (χ4v) is 4.20. The average Bonchev–Trinajstić information content (AvgIpc) is 2.91. The lowest BCUT2D eigenvalue weighted by molar-refractivity contribution is -0.125. The van der Waals surface area contributed by atoms with Gasteiger partial charge >= 0.3 is 6.03 Å². The highest BCUT2D eigenvalue weighted by atomic mass is 16.3. The Hall–Kier alpha value is -3.54. The molecule has 0 bridgehead atoms. The molecule has 0 spiro atoms. The molecule has 0 aromatic heterocycles. The van der Waals surface area contributed by atoms with Crippen LogP contribution in [0.15, 0.2) is 48.5 Å². The average molecular weight is 493 g/mol. The molecule has 0 aliphatic carbocycles. The van der Waals surface area contributed by atoms with Crippen LogP contribution in [0.4, 0.5) is 16.2 Å². The van der Waals surface area contributed by atoms with Crippen LogP contribution in [-0.4, -0.2) is 84.9 Å². The Bertz CT molecular complexity index is 1060. The summed E-state index contributed by atoms with van der Waals surface area (Å²) in [5, 5.41) is 21.3. The van der Waals surface area contributed by atoms with Gasteiger partial charge in [0.25, 0.3) is 0 Å². The third kappa shape index (κ3) is 7.00. The SMILES string of the molecule is CCN(CC)c1ccc(C#Cc2ccc(N3CCN(C(=O)N[C@@H](C(=O)CO)[C@H](C)O)CC3)cc2)cc1. The van der Waals surface area contributed by atoms with Gasteiger partial charge in [0.05, 0.1) is 6.10 Å². The maximum atomic E-state index is 12.5. The maximum Gasteiger partial charge on any atom is 0.318 e. The van der Waals surface area contributed by atoms with Crippen molar-refractivity contribution in [2.75, 3.05) is 55.7 Å². The fraction of sp³-hybridized carbons (Fsp3) is 0.429. The number of amides is 2. The number of carbonyl (C=O) groups is 2. The molecule has 1 aliphatic rings. The van der Waals surface area contributed by atoms with Crippen LogP contribution in [0.2, 0.25) is 0 Å². The van der Waals surface area contributed by atoms with Crippen molar-refractivity contribution in [2.45, 2.75) is 32.9 Å². The lowest BCUT2D eigenvalue weighted by atomic mass is 10.1. The van der Waals surface area contributed by atoms with E-state index in [1.54, 1.807) is 4.90 Å². The molecule has 0 unspecified atom stereocenters. The van der Waals surface area contributed by atoms with E-state index in [1.165, 1.54) is 12.6 Å². The van der Waals surface area contributed by atoms with E-state index in [2.05, 4.69) is 52.9 Å². The number of aliphatic hydroxyl groups excluding tert-OH is 2. The van der Waals surface area contributed by atoms with Gasteiger partial charge in [0, 0.05) is 61.8 Å². The van der Waals surface area contributed by atoms with Crippen molar-refractivity contribution in [1.29, 1.82) is 0 Å². The molecule has 1 aliphatic heterocycles. The number of rotatable bonds is 8. The summed E-state index contributed by atoms with van der Waals surface area (Å²) in [4.78, 5) is 30.4. The molecule has 3 N–H and O–H groups in total. The predicted octanol–water partition coefficient (Wildman–Crippen LogP) is 2.07. The second kappa shape index (κ2) is 13.0. The fourth-order valence-electron chi connectivity index (χ4n) is 4.20. The van der Waals surface area contributed by atoms with Crippen molar-refractivity contribution >= 4 is 23.2 Å². The van der Waals surface area contributed by atoms with Crippen LogP contribution in [0.3, 0.4) is 0 Å². The van der Waals surface area contributed by atoms with E-state index < -0.39 is 30.6 Å². The Morgan fingerprint density at radius 1 is 0.944 bits per heavy atom. The van der Waals surface area contributed by atoms with E-state index in [9.17, 15) is 14.7 Å². The van der Waals surface area contributed by atoms with Crippen LogP contribution in [0.5, 0.6) is 0 Å². The van der Waals surface area contributed by atoms with E-state index in [1.807, 2.05) is 36.4 Å². The monoisotopic (exact) mass is 492 g/mol. The van der Waals surface area contributed by atoms with Crippen LogP contribution in [0.25, 0.3) is 0 Å². The van der Waals surface area contributed by atoms with Crippen LogP contribution in [0, 0.1) is 11.8 Å². The molecule has 192 valence electrons. The first-order chi connectivity index (χ1) is 17.4. The van der Waals surface area contributed by atoms with E-state index >= 15 is 0 Å². The van der Waals surface area contributed by atoms with Gasteiger partial charge in [-0.25, -0.2) is 4.79 Å². The molecule has 8 nitrogen and oxygen atoms in total. The summed E-state index contributed by atoms with van der Waals surface area (Å²) in [7, 11) is 0. The normalized spacial score (nSPS) is 14.9. The topological polar surface area (TPSA) is 96.4 Å². The minimum atomic E-state index is -1.12. The van der Waals surface area contributed by atoms with Gasteiger partial charge < -0.3 is 30.2 Å². The van der Waals surface area contributed by atoms with E-state index in [-0.39, 0.29) is 0 Å². The Morgan fingerprint density at radius 2 is 1.47 bits per heavy atom. The number of anilines is 2. The van der Waals surface area contributed by atoms with Crippen LogP contribution >= 0.6 is 0 Å². The standard InChI is InChI=1S/C28H36N4O4/c1-4-30(5-2)24-12-8-22(9-13-24)6-7-23-10-14-25(15-11-23)31-16-18-32(19-17-31)28(36)29-27(21(3)34)26(35)20-33/h8-15,21,27,33-34H,4-5,16-20H2,1-3H3,(H,29,36)/t21-,27+/m0/s1. The predicted molar refractivity (Wildman–Crippen MR) is 142 cm³/mol. The zero-order valence-electron chi connectivity index (χ0n) is 21.3. The van der Waals surface area contributed by atoms with E-state index in [0.717, 1.165) is 29.9 Å². The molecule has 2 aromatic carbocycles. The van der Waals surface area contributed by atoms with Gasteiger partial charge in [0.1, 0.15) is 12.6 Å². The number of hydrogen-bond acceptors (Lipinski definition) is 6. The second-order valence-corrected chi connectivity index (χ2v) is 8.78. The Balaban J connectivity index is 1.54. The van der Waals surface area contributed by atoms with Gasteiger partial charge in [0.15, 0.2) is 5.78 Å². The summed E-state index contributed by atoms with van der Waals surface area (Å²) in [5.74, 6) is 5.83. The number of piperazine rings is 1. The van der Waals surface area contributed by atoms with Crippen molar-refractivity contribution in [3.63, 3.8) is 0 Å². The van der Waals surface area contributed by atoms with Crippen molar-refractivity contribution in [3.05, 3.63) is 59.7 Å². The number of hydrogen-bond donors (Lipinski definition) is 3. The van der Waals surface area contributed by atoms with Crippen molar-refractivity contribution < 1.29 is 19.8 Å². The number of ketones is 1. The smallest absolute Gasteiger partial charge is 0.318 e. The van der Waals surface area contributed by atoms with E-state index in [0.29, 0.717) is 26.2 Å². The summed E-state index contributed by atoms with van der Waals surface area (Å²) >= 11 is 0. The molecule has 0 radical (unpaired) electrons. The molecule has 3 rings (SSSR count). The highest BCUT2D eigenvalue weighted by Crippen LogP contribution is 2.18. The van der Waals surface area contributed by atoms with Gasteiger partial charge in [-0.2, -0.15) is 0 Å². The number of benzene rings is 2. The third-order valence-corrected chi connectivity index (χ3v) is 6.41. The number of nitrogens with zero attached hydrogens (tertiary/aromatic N) is 3. The Morgan fingerprint density at radius 3 is 1.94 bits per heavy atom. The molecule has 2 amide bonds. The van der Waals surface area contributed by atoms with E-state index in [4.69, 9.17) is 5.11 Å². The number of aliphatic hydroxyl groups is 2. The number of urea groups is 1. The lowest BCUT2D eigenvalue weighted by Gasteiger charge is -2.36. The zero-order chi connectivity index (χ0) is 26.1. The Kier molecular flexibility index (Phi) is 9.74. The molecule has 1 heterocycles. The zero-order valence-corrected chi connectivity index (χ0v) is 21.3.